The summed E-state index contributed by atoms with van der Waals surface area (Å²) in [6, 6.07) is 0. The number of Topliss-reactive ketones (excluding diaryl/α,β-unsaturated/α-hetero) is 1. The van der Waals surface area contributed by atoms with Gasteiger partial charge in [-0.1, -0.05) is 13.8 Å². The first-order chi connectivity index (χ1) is 10.4. The van der Waals surface area contributed by atoms with Crippen LogP contribution in [-0.2, 0) is 9.59 Å². The number of ketones is 2. The van der Waals surface area contributed by atoms with Crippen LogP contribution in [0.25, 0.3) is 0 Å². The molecule has 1 N–H and O–H groups in total. The molecule has 3 fully saturated rings. The Hall–Kier alpha value is -0.960. The lowest BCUT2D eigenvalue weighted by molar-refractivity contribution is -0.140. The first-order valence-corrected chi connectivity index (χ1v) is 8.85. The van der Waals surface area contributed by atoms with Gasteiger partial charge in [-0.15, -0.1) is 0 Å². The van der Waals surface area contributed by atoms with E-state index in [0.717, 1.165) is 44.1 Å². The van der Waals surface area contributed by atoms with Gasteiger partial charge in [-0.2, -0.15) is 0 Å². The number of rotatable bonds is 0. The van der Waals surface area contributed by atoms with Crippen LogP contribution in [0.15, 0.2) is 11.6 Å². The number of carbonyl (C=O) groups is 2. The van der Waals surface area contributed by atoms with Crippen molar-refractivity contribution >= 4 is 11.6 Å². The van der Waals surface area contributed by atoms with Crippen molar-refractivity contribution in [1.29, 1.82) is 0 Å². The minimum absolute atomic E-state index is 0.00394. The maximum atomic E-state index is 12.9. The van der Waals surface area contributed by atoms with Crippen LogP contribution in [0.5, 0.6) is 0 Å². The highest BCUT2D eigenvalue weighted by Crippen LogP contribution is 2.63. The Morgan fingerprint density at radius 3 is 2.55 bits per heavy atom. The molecule has 0 spiro atoms. The van der Waals surface area contributed by atoms with Crippen molar-refractivity contribution < 1.29 is 14.7 Å². The molecule has 0 bridgehead atoms. The van der Waals surface area contributed by atoms with Crippen LogP contribution in [-0.4, -0.2) is 22.8 Å². The molecular weight excluding hydrogens is 276 g/mol. The van der Waals surface area contributed by atoms with Crippen LogP contribution in [0, 0.1) is 28.6 Å². The van der Waals surface area contributed by atoms with Gasteiger partial charge in [-0.25, -0.2) is 0 Å². The maximum absolute atomic E-state index is 12.9. The van der Waals surface area contributed by atoms with Gasteiger partial charge in [-0.3, -0.25) is 9.59 Å². The van der Waals surface area contributed by atoms with E-state index in [4.69, 9.17) is 0 Å². The Balaban J connectivity index is 1.79. The molecule has 0 aliphatic heterocycles. The SMILES string of the molecule is C[C@]12CCC[C@H](O)C1=CC(=O)[C@@H]1[C@@H]2CC[C@]2(C)C(=O)CC[C@@H]12. The molecule has 120 valence electrons. The van der Waals surface area contributed by atoms with Gasteiger partial charge in [0.15, 0.2) is 5.78 Å². The number of allylic oxidation sites excluding steroid dienone is 1. The maximum Gasteiger partial charge on any atom is 0.159 e. The summed E-state index contributed by atoms with van der Waals surface area (Å²) < 4.78 is 0. The molecule has 0 saturated heterocycles. The summed E-state index contributed by atoms with van der Waals surface area (Å²) in [6.45, 7) is 4.35. The highest BCUT2D eigenvalue weighted by molar-refractivity contribution is 5.96. The molecule has 0 aromatic carbocycles. The zero-order valence-electron chi connectivity index (χ0n) is 13.6. The molecule has 0 aromatic rings. The molecule has 0 unspecified atom stereocenters. The Morgan fingerprint density at radius 1 is 1.05 bits per heavy atom. The summed E-state index contributed by atoms with van der Waals surface area (Å²) >= 11 is 0. The highest BCUT2D eigenvalue weighted by atomic mass is 16.3. The third-order valence-electron chi connectivity index (χ3n) is 7.62. The number of aliphatic hydroxyl groups is 1. The fourth-order valence-corrected chi connectivity index (χ4v) is 6.28. The van der Waals surface area contributed by atoms with Crippen LogP contribution >= 0.6 is 0 Å². The highest BCUT2D eigenvalue weighted by Gasteiger charge is 2.61. The molecule has 0 amide bonds. The van der Waals surface area contributed by atoms with E-state index in [1.165, 1.54) is 0 Å². The van der Waals surface area contributed by atoms with Crippen molar-refractivity contribution in [2.24, 2.45) is 28.6 Å². The zero-order chi connectivity index (χ0) is 15.7. The lowest BCUT2D eigenvalue weighted by Gasteiger charge is -2.56. The second-order valence-corrected chi connectivity index (χ2v) is 8.48. The molecule has 22 heavy (non-hydrogen) atoms. The second kappa shape index (κ2) is 4.53. The van der Waals surface area contributed by atoms with Crippen molar-refractivity contribution in [3.63, 3.8) is 0 Å². The number of hydrogen-bond donors (Lipinski definition) is 1. The Kier molecular flexibility index (Phi) is 3.01. The van der Waals surface area contributed by atoms with Crippen molar-refractivity contribution in [2.45, 2.75) is 64.9 Å². The van der Waals surface area contributed by atoms with Crippen molar-refractivity contribution in [3.05, 3.63) is 11.6 Å². The van der Waals surface area contributed by atoms with E-state index in [-0.39, 0.29) is 28.4 Å². The Labute approximate surface area is 132 Å². The quantitative estimate of drug-likeness (QED) is 0.748. The molecule has 3 nitrogen and oxygen atoms in total. The lowest BCUT2D eigenvalue weighted by Crippen LogP contribution is -2.54. The van der Waals surface area contributed by atoms with Gasteiger partial charge in [0, 0.05) is 17.8 Å². The van der Waals surface area contributed by atoms with Crippen molar-refractivity contribution in [3.8, 4) is 0 Å². The summed E-state index contributed by atoms with van der Waals surface area (Å²) in [4.78, 5) is 25.2. The normalized spacial score (nSPS) is 51.0. The van der Waals surface area contributed by atoms with E-state index in [2.05, 4.69) is 13.8 Å². The fraction of sp³-hybridized carbons (Fsp3) is 0.789. The largest absolute Gasteiger partial charge is 0.389 e. The third-order valence-corrected chi connectivity index (χ3v) is 7.62. The molecule has 3 heteroatoms. The van der Waals surface area contributed by atoms with Gasteiger partial charge in [0.25, 0.3) is 0 Å². The average molecular weight is 302 g/mol. The molecule has 4 rings (SSSR count). The van der Waals surface area contributed by atoms with Gasteiger partial charge in [0.05, 0.1) is 6.10 Å². The zero-order valence-corrected chi connectivity index (χ0v) is 13.6. The van der Waals surface area contributed by atoms with Gasteiger partial charge in [0.1, 0.15) is 5.78 Å². The van der Waals surface area contributed by atoms with E-state index in [9.17, 15) is 14.7 Å². The Bertz CT molecular complexity index is 577. The molecule has 0 radical (unpaired) electrons. The van der Waals surface area contributed by atoms with Crippen molar-refractivity contribution in [2.75, 3.05) is 0 Å². The topological polar surface area (TPSA) is 54.4 Å². The van der Waals surface area contributed by atoms with E-state index in [0.29, 0.717) is 18.1 Å². The average Bonchev–Trinajstić information content (AvgIpc) is 2.77. The minimum Gasteiger partial charge on any atom is -0.389 e. The molecule has 0 heterocycles. The monoisotopic (exact) mass is 302 g/mol. The molecule has 0 aromatic heterocycles. The van der Waals surface area contributed by atoms with Crippen LogP contribution < -0.4 is 0 Å². The number of aliphatic hydroxyl groups excluding tert-OH is 1. The number of carbonyl (C=O) groups excluding carboxylic acids is 2. The predicted octanol–water partition coefficient (Wildman–Crippen LogP) is 3.06. The van der Waals surface area contributed by atoms with E-state index < -0.39 is 6.10 Å². The molecular formula is C19H26O3. The Morgan fingerprint density at radius 2 is 1.77 bits per heavy atom. The van der Waals surface area contributed by atoms with E-state index in [1.54, 1.807) is 6.08 Å². The third kappa shape index (κ3) is 1.66. The number of fused-ring (bicyclic) bond motifs is 5. The van der Waals surface area contributed by atoms with Crippen molar-refractivity contribution in [1.82, 2.24) is 0 Å². The first-order valence-electron chi connectivity index (χ1n) is 8.85. The first kappa shape index (κ1) is 14.6. The van der Waals surface area contributed by atoms with E-state index in [1.807, 2.05) is 0 Å². The standard InChI is InChI=1S/C19H26O3/c1-18-8-3-4-14(20)13(18)10-15(21)17-11-5-6-16(22)19(11,2)9-7-12(17)18/h10-12,14,17,20H,3-9H2,1-2H3/t11-,12-,14-,17-,18+,19-/m0/s1. The van der Waals surface area contributed by atoms with Crippen LogP contribution in [0.4, 0.5) is 0 Å². The van der Waals surface area contributed by atoms with Crippen LogP contribution in [0.2, 0.25) is 0 Å². The number of hydrogen-bond acceptors (Lipinski definition) is 3. The molecule has 4 aliphatic carbocycles. The summed E-state index contributed by atoms with van der Waals surface area (Å²) in [6.07, 6.45) is 7.61. The van der Waals surface area contributed by atoms with Crippen LogP contribution in [0.3, 0.4) is 0 Å². The molecule has 6 atom stereocenters. The fourth-order valence-electron chi connectivity index (χ4n) is 6.28. The predicted molar refractivity (Wildman–Crippen MR) is 83.1 cm³/mol. The van der Waals surface area contributed by atoms with E-state index >= 15 is 0 Å². The lowest BCUT2D eigenvalue weighted by atomic mass is 9.47. The van der Waals surface area contributed by atoms with Gasteiger partial charge in [-0.05, 0) is 67.4 Å². The molecule has 4 aliphatic rings. The van der Waals surface area contributed by atoms with Gasteiger partial charge < -0.3 is 5.11 Å². The van der Waals surface area contributed by atoms with Gasteiger partial charge >= 0.3 is 0 Å². The minimum atomic E-state index is -0.442. The second-order valence-electron chi connectivity index (χ2n) is 8.48. The molecule has 3 saturated carbocycles. The summed E-state index contributed by atoms with van der Waals surface area (Å²) in [5, 5.41) is 10.4. The van der Waals surface area contributed by atoms with Gasteiger partial charge in [0.2, 0.25) is 0 Å². The smallest absolute Gasteiger partial charge is 0.159 e. The summed E-state index contributed by atoms with van der Waals surface area (Å²) in [5.74, 6) is 1.10. The summed E-state index contributed by atoms with van der Waals surface area (Å²) in [7, 11) is 0. The summed E-state index contributed by atoms with van der Waals surface area (Å²) in [5.41, 5.74) is 0.674. The van der Waals surface area contributed by atoms with Crippen LogP contribution in [0.1, 0.15) is 58.8 Å².